The largest absolute Gasteiger partial charge is 0.310 e. The highest BCUT2D eigenvalue weighted by Gasteiger charge is 2.42. The summed E-state index contributed by atoms with van der Waals surface area (Å²) in [4.78, 5) is 0. The third-order valence-corrected chi connectivity index (χ3v) is 17.2. The van der Waals surface area contributed by atoms with Crippen LogP contribution in [0.25, 0.3) is 99.5 Å². The van der Waals surface area contributed by atoms with Gasteiger partial charge in [0.2, 0.25) is 13.4 Å². The molecule has 0 saturated carbocycles. The molecule has 13 aromatic rings. The van der Waals surface area contributed by atoms with Gasteiger partial charge in [0.25, 0.3) is 0 Å². The van der Waals surface area contributed by atoms with Crippen molar-refractivity contribution in [3.63, 3.8) is 0 Å². The van der Waals surface area contributed by atoms with Crippen molar-refractivity contribution < 1.29 is 0 Å². The SMILES string of the molecule is Cc1cc(C)c(B2c3cc4c(cc3-n3c5cc(-c6ccccc6)ccc5c5c(-c6ccccc6)ccc2c53)-n2c3cc(-c5ccccc5)ccc3c3c(-c5ccccc5)ccc(c32)B4c2c(C)cc(C)cc2C)c(C)c1. The number of rotatable bonds is 6. The molecule has 0 N–H and O–H groups in total. The summed E-state index contributed by atoms with van der Waals surface area (Å²) in [7, 11) is 0. The van der Waals surface area contributed by atoms with Crippen molar-refractivity contribution in [3.8, 4) is 55.9 Å². The maximum absolute atomic E-state index is 2.68. The van der Waals surface area contributed by atoms with Crippen molar-refractivity contribution in [1.82, 2.24) is 9.13 Å². The number of nitrogens with zero attached hydrogens (tertiary/aromatic N) is 2. The molecule has 0 atom stereocenters. The average molecular weight is 969 g/mol. The predicted octanol–water partition coefficient (Wildman–Crippen LogP) is 14.1. The Labute approximate surface area is 445 Å². The first-order valence-electron chi connectivity index (χ1n) is 27.0. The van der Waals surface area contributed by atoms with E-state index in [-0.39, 0.29) is 13.4 Å². The second kappa shape index (κ2) is 16.8. The smallest absolute Gasteiger partial charge is 0.247 e. The number of hydrogen-bond acceptors (Lipinski definition) is 0. The van der Waals surface area contributed by atoms with Crippen LogP contribution in [-0.2, 0) is 0 Å². The van der Waals surface area contributed by atoms with Gasteiger partial charge in [-0.1, -0.05) is 244 Å². The lowest BCUT2D eigenvalue weighted by atomic mass is 9.31. The zero-order chi connectivity index (χ0) is 51.1. The minimum atomic E-state index is -0.0348. The van der Waals surface area contributed by atoms with E-state index in [1.54, 1.807) is 0 Å². The van der Waals surface area contributed by atoms with Gasteiger partial charge in [-0.3, -0.25) is 0 Å². The Bertz CT molecular complexity index is 4230. The van der Waals surface area contributed by atoms with E-state index < -0.39 is 0 Å². The summed E-state index contributed by atoms with van der Waals surface area (Å²) in [6, 6.07) is 83.0. The second-order valence-corrected chi connectivity index (χ2v) is 21.9. The van der Waals surface area contributed by atoms with Gasteiger partial charge in [0.1, 0.15) is 0 Å². The molecule has 0 unspecified atom stereocenters. The lowest BCUT2D eigenvalue weighted by molar-refractivity contribution is 1.15. The number of fused-ring (bicyclic) bond motifs is 10. The molecule has 0 radical (unpaired) electrons. The predicted molar refractivity (Wildman–Crippen MR) is 327 cm³/mol. The van der Waals surface area contributed by atoms with Crippen molar-refractivity contribution in [2.45, 2.75) is 41.5 Å². The molecule has 0 saturated heterocycles. The Hall–Kier alpha value is -8.85. The molecule has 2 nitrogen and oxygen atoms in total. The van der Waals surface area contributed by atoms with E-state index in [0.717, 1.165) is 0 Å². The molecule has 4 heteroatoms. The Morgan fingerprint density at radius 1 is 0.289 bits per heavy atom. The molecule has 0 spiro atoms. The van der Waals surface area contributed by atoms with Crippen LogP contribution in [0.15, 0.2) is 218 Å². The molecular weight excluding hydrogens is 914 g/mol. The van der Waals surface area contributed by atoms with Gasteiger partial charge in [-0.05, 0) is 126 Å². The van der Waals surface area contributed by atoms with Crippen molar-refractivity contribution in [2.75, 3.05) is 0 Å². The van der Waals surface area contributed by atoms with E-state index >= 15 is 0 Å². The van der Waals surface area contributed by atoms with Gasteiger partial charge >= 0.3 is 0 Å². The van der Waals surface area contributed by atoms with Gasteiger partial charge in [-0.25, -0.2) is 0 Å². The Kier molecular flexibility index (Phi) is 9.88. The minimum absolute atomic E-state index is 0.0348. The van der Waals surface area contributed by atoms with E-state index in [2.05, 4.69) is 269 Å². The third kappa shape index (κ3) is 6.50. The minimum Gasteiger partial charge on any atom is -0.310 e. The summed E-state index contributed by atoms with van der Waals surface area (Å²) in [5.74, 6) is 0. The lowest BCUT2D eigenvalue weighted by Crippen LogP contribution is -2.62. The summed E-state index contributed by atoms with van der Waals surface area (Å²) in [5.41, 5.74) is 33.4. The topological polar surface area (TPSA) is 9.86 Å². The number of aromatic nitrogens is 2. The van der Waals surface area contributed by atoms with Gasteiger partial charge < -0.3 is 9.13 Å². The quantitative estimate of drug-likeness (QED) is 0.147. The molecule has 2 aliphatic heterocycles. The van der Waals surface area contributed by atoms with Gasteiger partial charge in [0, 0.05) is 44.0 Å². The van der Waals surface area contributed by atoms with Crippen molar-refractivity contribution in [1.29, 1.82) is 0 Å². The maximum Gasteiger partial charge on any atom is 0.247 e. The lowest BCUT2D eigenvalue weighted by Gasteiger charge is -2.34. The molecule has 11 aromatic carbocycles. The van der Waals surface area contributed by atoms with Gasteiger partial charge in [-0.15, -0.1) is 0 Å². The van der Waals surface area contributed by atoms with E-state index in [0.29, 0.717) is 0 Å². The molecule has 15 rings (SSSR count). The molecule has 0 amide bonds. The number of aryl methyl sites for hydroxylation is 6. The molecule has 2 aromatic heterocycles. The van der Waals surface area contributed by atoms with Crippen LogP contribution in [0.4, 0.5) is 0 Å². The standard InChI is InChI=1S/C72H54B2N2/c1-43-35-45(3)69(46(4)36-43)73-59-33-31-55(51-23-15-9-16-24-51)67-57-29-27-53(49-19-11-7-12-20-49)39-63(57)75(71(59)67)65-42-66-62(41-61(65)73)74(70-47(5)37-44(2)38-48(70)6)60-34-32-56(52-25-17-10-18-26-52)68-58-30-28-54(50-21-13-8-14-22-50)40-64(58)76(66)72(60)68/h7-42H,1-6H3. The molecule has 358 valence electrons. The zero-order valence-corrected chi connectivity index (χ0v) is 43.8. The highest BCUT2D eigenvalue weighted by atomic mass is 15.0. The summed E-state index contributed by atoms with van der Waals surface area (Å²) >= 11 is 0. The van der Waals surface area contributed by atoms with E-state index in [9.17, 15) is 0 Å². The summed E-state index contributed by atoms with van der Waals surface area (Å²) < 4.78 is 5.35. The van der Waals surface area contributed by atoms with Crippen molar-refractivity contribution in [2.24, 2.45) is 0 Å². The molecule has 76 heavy (non-hydrogen) atoms. The normalized spacial score (nSPS) is 12.6. The molecule has 4 heterocycles. The van der Waals surface area contributed by atoms with Gasteiger partial charge in [-0.2, -0.15) is 0 Å². The van der Waals surface area contributed by atoms with Crippen LogP contribution in [0.1, 0.15) is 33.4 Å². The molecule has 0 fully saturated rings. The highest BCUT2D eigenvalue weighted by Crippen LogP contribution is 2.44. The van der Waals surface area contributed by atoms with Crippen LogP contribution in [-0.4, -0.2) is 22.6 Å². The van der Waals surface area contributed by atoms with Crippen molar-refractivity contribution >= 4 is 89.8 Å². The Morgan fingerprint density at radius 2 is 0.645 bits per heavy atom. The Balaban J connectivity index is 1.15. The highest BCUT2D eigenvalue weighted by molar-refractivity contribution is 7.01. The summed E-state index contributed by atoms with van der Waals surface area (Å²) in [5, 5.41) is 5.13. The van der Waals surface area contributed by atoms with Crippen LogP contribution >= 0.6 is 0 Å². The van der Waals surface area contributed by atoms with E-state index in [1.165, 1.54) is 166 Å². The van der Waals surface area contributed by atoms with Crippen LogP contribution in [0.3, 0.4) is 0 Å². The third-order valence-electron chi connectivity index (χ3n) is 17.2. The van der Waals surface area contributed by atoms with Crippen LogP contribution in [0, 0.1) is 41.5 Å². The molecule has 0 aliphatic carbocycles. The molecular formula is C72H54B2N2. The fourth-order valence-electron chi connectivity index (χ4n) is 14.4. The van der Waals surface area contributed by atoms with Crippen LogP contribution in [0.2, 0.25) is 0 Å². The van der Waals surface area contributed by atoms with E-state index in [4.69, 9.17) is 0 Å². The summed E-state index contributed by atoms with van der Waals surface area (Å²) in [6.07, 6.45) is 0. The fourth-order valence-corrected chi connectivity index (χ4v) is 14.4. The van der Waals surface area contributed by atoms with Crippen LogP contribution in [0.5, 0.6) is 0 Å². The summed E-state index contributed by atoms with van der Waals surface area (Å²) in [6.45, 7) is 13.8. The maximum atomic E-state index is 2.68. The zero-order valence-electron chi connectivity index (χ0n) is 43.8. The average Bonchev–Trinajstić information content (AvgIpc) is 4.15. The number of benzene rings is 11. The first kappa shape index (κ1) is 44.6. The monoisotopic (exact) mass is 968 g/mol. The molecule has 2 aliphatic rings. The van der Waals surface area contributed by atoms with Gasteiger partial charge in [0.15, 0.2) is 0 Å². The van der Waals surface area contributed by atoms with E-state index in [1.807, 2.05) is 0 Å². The first-order chi connectivity index (χ1) is 37.2. The van der Waals surface area contributed by atoms with Gasteiger partial charge in [0.05, 0.1) is 11.0 Å². The Morgan fingerprint density at radius 3 is 1.01 bits per heavy atom. The fraction of sp³-hybridized carbons (Fsp3) is 0.0833. The van der Waals surface area contributed by atoms with Crippen LogP contribution < -0.4 is 32.8 Å². The number of hydrogen-bond donors (Lipinski definition) is 0. The first-order valence-corrected chi connectivity index (χ1v) is 27.0. The second-order valence-electron chi connectivity index (χ2n) is 21.9. The molecule has 0 bridgehead atoms. The van der Waals surface area contributed by atoms with Crippen molar-refractivity contribution in [3.05, 3.63) is 252 Å².